The lowest BCUT2D eigenvalue weighted by atomic mass is 9.91. The van der Waals surface area contributed by atoms with Gasteiger partial charge >= 0.3 is 0 Å². The molecule has 1 aliphatic rings. The van der Waals surface area contributed by atoms with Crippen LogP contribution in [-0.2, 0) is 0 Å². The number of methoxy groups -OCH3 is 1. The molecular weight excluding hydrogens is 250 g/mol. The van der Waals surface area contributed by atoms with Crippen LogP contribution in [0.2, 0.25) is 0 Å². The average molecular weight is 270 g/mol. The van der Waals surface area contributed by atoms with Crippen molar-refractivity contribution in [2.24, 2.45) is 0 Å². The van der Waals surface area contributed by atoms with Crippen LogP contribution in [0.25, 0.3) is 0 Å². The Labute approximate surface area is 113 Å². The monoisotopic (exact) mass is 269 g/mol. The first-order valence-electron chi connectivity index (χ1n) is 6.47. The van der Waals surface area contributed by atoms with Crippen molar-refractivity contribution in [3.05, 3.63) is 11.9 Å². The van der Waals surface area contributed by atoms with Crippen molar-refractivity contribution in [2.45, 2.75) is 38.6 Å². The normalized spacial score (nSPS) is 15.3. The van der Waals surface area contributed by atoms with E-state index in [0.717, 1.165) is 24.6 Å². The molecule has 1 saturated carbocycles. The number of anilines is 1. The molecule has 0 amide bonds. The lowest BCUT2D eigenvalue weighted by molar-refractivity contribution is 0.378. The summed E-state index contributed by atoms with van der Waals surface area (Å²) in [5, 5.41) is 0. The molecule has 0 unspecified atom stereocenters. The Balaban J connectivity index is 2.19. The summed E-state index contributed by atoms with van der Waals surface area (Å²) >= 11 is 5.80. The molecule has 0 aromatic carbocycles. The predicted molar refractivity (Wildman–Crippen MR) is 73.6 cm³/mol. The van der Waals surface area contributed by atoms with Crippen molar-refractivity contribution in [1.82, 2.24) is 9.97 Å². The number of aryl methyl sites for hydroxylation is 1. The molecule has 1 aliphatic carbocycles. The van der Waals surface area contributed by atoms with Crippen LogP contribution < -0.4 is 9.64 Å². The molecule has 0 aliphatic heterocycles. The summed E-state index contributed by atoms with van der Waals surface area (Å²) in [4.78, 5) is 11.1. The molecule has 0 bridgehead atoms. The molecular formula is C13H20ClN3O. The second-order valence-corrected chi connectivity index (χ2v) is 5.01. The van der Waals surface area contributed by atoms with Crippen molar-refractivity contribution in [2.75, 3.05) is 24.4 Å². The van der Waals surface area contributed by atoms with Gasteiger partial charge in [-0.2, -0.15) is 4.98 Å². The van der Waals surface area contributed by atoms with Gasteiger partial charge in [-0.3, -0.25) is 0 Å². The smallest absolute Gasteiger partial charge is 0.218 e. The van der Waals surface area contributed by atoms with Gasteiger partial charge in [0.1, 0.15) is 11.6 Å². The van der Waals surface area contributed by atoms with E-state index in [1.165, 1.54) is 19.3 Å². The van der Waals surface area contributed by atoms with Gasteiger partial charge in [-0.15, -0.1) is 11.6 Å². The zero-order valence-corrected chi connectivity index (χ0v) is 11.8. The molecule has 1 fully saturated rings. The van der Waals surface area contributed by atoms with Crippen molar-refractivity contribution in [3.63, 3.8) is 0 Å². The fraction of sp³-hybridized carbons (Fsp3) is 0.692. The largest absolute Gasteiger partial charge is 0.481 e. The Kier molecular flexibility index (Phi) is 4.64. The van der Waals surface area contributed by atoms with Crippen molar-refractivity contribution in [1.29, 1.82) is 0 Å². The predicted octanol–water partition coefficient (Wildman–Crippen LogP) is 2.78. The Morgan fingerprint density at radius 2 is 2.22 bits per heavy atom. The molecule has 2 rings (SSSR count). The molecule has 100 valence electrons. The van der Waals surface area contributed by atoms with Crippen LogP contribution in [0.5, 0.6) is 5.88 Å². The van der Waals surface area contributed by atoms with E-state index in [1.54, 1.807) is 7.11 Å². The molecule has 0 atom stereocenters. The molecule has 4 nitrogen and oxygen atoms in total. The van der Waals surface area contributed by atoms with Crippen molar-refractivity contribution < 1.29 is 4.74 Å². The van der Waals surface area contributed by atoms with Crippen LogP contribution in [0.15, 0.2) is 6.07 Å². The van der Waals surface area contributed by atoms with Gasteiger partial charge in [-0.1, -0.05) is 0 Å². The van der Waals surface area contributed by atoms with Crippen molar-refractivity contribution in [3.8, 4) is 5.88 Å². The average Bonchev–Trinajstić information content (AvgIpc) is 2.31. The Bertz CT molecular complexity index is 396. The van der Waals surface area contributed by atoms with E-state index in [4.69, 9.17) is 16.3 Å². The molecule has 1 heterocycles. The highest BCUT2D eigenvalue weighted by Gasteiger charge is 2.26. The second kappa shape index (κ2) is 6.23. The molecule has 0 saturated heterocycles. The van der Waals surface area contributed by atoms with Gasteiger partial charge in [0.15, 0.2) is 0 Å². The molecule has 0 spiro atoms. The Hall–Kier alpha value is -1.03. The van der Waals surface area contributed by atoms with Gasteiger partial charge in [-0.25, -0.2) is 4.98 Å². The summed E-state index contributed by atoms with van der Waals surface area (Å²) in [7, 11) is 1.64. The number of hydrogen-bond donors (Lipinski definition) is 0. The maximum atomic E-state index is 5.80. The van der Waals surface area contributed by atoms with Gasteiger partial charge in [0.2, 0.25) is 5.88 Å². The number of alkyl halides is 1. The third kappa shape index (κ3) is 3.05. The summed E-state index contributed by atoms with van der Waals surface area (Å²) in [6.45, 7) is 2.85. The number of rotatable bonds is 6. The van der Waals surface area contributed by atoms with Gasteiger partial charge in [-0.05, 0) is 32.6 Å². The fourth-order valence-corrected chi connectivity index (χ4v) is 2.31. The Morgan fingerprint density at radius 1 is 1.44 bits per heavy atom. The first kappa shape index (κ1) is 13.4. The third-order valence-electron chi connectivity index (χ3n) is 3.35. The van der Waals surface area contributed by atoms with Crippen LogP contribution in [0.3, 0.4) is 0 Å². The zero-order chi connectivity index (χ0) is 13.0. The van der Waals surface area contributed by atoms with Crippen LogP contribution in [0.4, 0.5) is 5.82 Å². The number of nitrogens with zero attached hydrogens (tertiary/aromatic N) is 3. The number of halogens is 1. The van der Waals surface area contributed by atoms with Crippen LogP contribution in [0, 0.1) is 6.92 Å². The maximum Gasteiger partial charge on any atom is 0.218 e. The Morgan fingerprint density at radius 3 is 2.78 bits per heavy atom. The molecule has 1 aromatic rings. The van der Waals surface area contributed by atoms with E-state index >= 15 is 0 Å². The van der Waals surface area contributed by atoms with Crippen LogP contribution >= 0.6 is 11.6 Å². The number of aromatic nitrogens is 2. The maximum absolute atomic E-state index is 5.80. The van der Waals surface area contributed by atoms with Gasteiger partial charge in [0.25, 0.3) is 0 Å². The van der Waals surface area contributed by atoms with E-state index in [-0.39, 0.29) is 0 Å². The molecule has 0 radical (unpaired) electrons. The summed E-state index contributed by atoms with van der Waals surface area (Å²) in [6, 6.07) is 2.52. The minimum Gasteiger partial charge on any atom is -0.481 e. The highest BCUT2D eigenvalue weighted by atomic mass is 35.5. The lowest BCUT2D eigenvalue weighted by Crippen LogP contribution is -2.41. The van der Waals surface area contributed by atoms with E-state index in [1.807, 2.05) is 13.0 Å². The highest BCUT2D eigenvalue weighted by molar-refractivity contribution is 6.17. The molecule has 18 heavy (non-hydrogen) atoms. The first-order valence-corrected chi connectivity index (χ1v) is 7.00. The minimum atomic E-state index is 0.604. The molecule has 1 aromatic heterocycles. The van der Waals surface area contributed by atoms with E-state index in [2.05, 4.69) is 14.9 Å². The third-order valence-corrected chi connectivity index (χ3v) is 3.62. The standard InChI is InChI=1S/C13H20ClN3O/c1-10-15-12(9-13(16-10)18-2)17(8-4-7-14)11-5-3-6-11/h9,11H,3-8H2,1-2H3. The number of hydrogen-bond acceptors (Lipinski definition) is 4. The van der Waals surface area contributed by atoms with Crippen LogP contribution in [0.1, 0.15) is 31.5 Å². The van der Waals surface area contributed by atoms with E-state index < -0.39 is 0 Å². The van der Waals surface area contributed by atoms with Gasteiger partial charge < -0.3 is 9.64 Å². The van der Waals surface area contributed by atoms with E-state index in [9.17, 15) is 0 Å². The SMILES string of the molecule is COc1cc(N(CCCCl)C2CCC2)nc(C)n1. The first-order chi connectivity index (χ1) is 8.74. The number of ether oxygens (including phenoxy) is 1. The summed E-state index contributed by atoms with van der Waals surface area (Å²) in [6.07, 6.45) is 4.77. The summed E-state index contributed by atoms with van der Waals surface area (Å²) in [5.74, 6) is 3.03. The van der Waals surface area contributed by atoms with E-state index in [0.29, 0.717) is 17.8 Å². The zero-order valence-electron chi connectivity index (χ0n) is 11.0. The molecule has 5 heteroatoms. The van der Waals surface area contributed by atoms with Gasteiger partial charge in [0.05, 0.1) is 7.11 Å². The van der Waals surface area contributed by atoms with Gasteiger partial charge in [0, 0.05) is 24.5 Å². The van der Waals surface area contributed by atoms with Crippen molar-refractivity contribution >= 4 is 17.4 Å². The highest BCUT2D eigenvalue weighted by Crippen LogP contribution is 2.30. The molecule has 0 N–H and O–H groups in total. The minimum absolute atomic E-state index is 0.604. The quantitative estimate of drug-likeness (QED) is 0.745. The van der Waals surface area contributed by atoms with Crippen LogP contribution in [-0.4, -0.2) is 35.5 Å². The summed E-state index contributed by atoms with van der Waals surface area (Å²) in [5.41, 5.74) is 0. The summed E-state index contributed by atoms with van der Waals surface area (Å²) < 4.78 is 5.22. The second-order valence-electron chi connectivity index (χ2n) is 4.64. The topological polar surface area (TPSA) is 38.2 Å². The fourth-order valence-electron chi connectivity index (χ4n) is 2.19. The lowest BCUT2D eigenvalue weighted by Gasteiger charge is -2.38.